The van der Waals surface area contributed by atoms with Gasteiger partial charge in [-0.15, -0.1) is 0 Å². The van der Waals surface area contributed by atoms with Gasteiger partial charge in [-0.1, -0.05) is 41.9 Å². The van der Waals surface area contributed by atoms with Gasteiger partial charge in [0.15, 0.2) is 0 Å². The third kappa shape index (κ3) is 3.23. The van der Waals surface area contributed by atoms with Crippen LogP contribution in [0.15, 0.2) is 48.5 Å². The van der Waals surface area contributed by atoms with E-state index in [9.17, 15) is 20.0 Å². The number of carbonyl (C=O) groups is 1. The first-order chi connectivity index (χ1) is 12.4. The molecule has 0 radical (unpaired) electrons. The summed E-state index contributed by atoms with van der Waals surface area (Å²) in [6.07, 6.45) is 0. The second-order valence-electron chi connectivity index (χ2n) is 6.06. The average molecular weight is 377 g/mol. The second-order valence-corrected chi connectivity index (χ2v) is 6.49. The van der Waals surface area contributed by atoms with E-state index in [1.54, 1.807) is 42.5 Å². The summed E-state index contributed by atoms with van der Waals surface area (Å²) in [4.78, 5) is 23.8. The number of nitrogens with one attached hydrogen (secondary N) is 1. The molecule has 0 spiro atoms. The summed E-state index contributed by atoms with van der Waals surface area (Å²) in [6, 6.07) is 9.97. The molecular formula is C18H17ClN2O5. The molecule has 0 amide bonds. The molecule has 1 heterocycles. The lowest BCUT2D eigenvalue weighted by Gasteiger charge is -2.19. The number of phenols is 1. The zero-order valence-corrected chi connectivity index (χ0v) is 14.6. The average Bonchev–Trinajstić information content (AvgIpc) is 3.02. The lowest BCUT2D eigenvalue weighted by atomic mass is 9.85. The number of phenolic OH excluding ortho intramolecular Hbond substituents is 1. The Morgan fingerprint density at radius 2 is 1.88 bits per heavy atom. The number of rotatable bonds is 4. The van der Waals surface area contributed by atoms with Crippen molar-refractivity contribution in [3.05, 3.63) is 74.8 Å². The normalized spacial score (nSPS) is 25.0. The molecule has 136 valence electrons. The van der Waals surface area contributed by atoms with Crippen molar-refractivity contribution in [3.8, 4) is 5.75 Å². The SMILES string of the molecule is COC(=O)C1NC(c2ccccc2O)C([N+](=O)[O-])C1c1ccc(Cl)cc1. The van der Waals surface area contributed by atoms with E-state index in [2.05, 4.69) is 5.32 Å². The molecule has 8 heteroatoms. The minimum atomic E-state index is -1.17. The number of nitrogens with zero attached hydrogens (tertiary/aromatic N) is 1. The van der Waals surface area contributed by atoms with Crippen LogP contribution in [0.1, 0.15) is 23.1 Å². The Morgan fingerprint density at radius 1 is 1.23 bits per heavy atom. The topological polar surface area (TPSA) is 102 Å². The molecule has 26 heavy (non-hydrogen) atoms. The summed E-state index contributed by atoms with van der Waals surface area (Å²) in [6.45, 7) is 0. The first kappa shape index (κ1) is 18.2. The standard InChI is InChI=1S/C18H17ClN2O5/c1-26-18(23)16-14(10-6-8-11(19)9-7-10)17(21(24)25)15(20-16)12-4-2-3-5-13(12)22/h2-9,14-17,20,22H,1H3. The van der Waals surface area contributed by atoms with Crippen LogP contribution in [0.3, 0.4) is 0 Å². The zero-order chi connectivity index (χ0) is 18.8. The highest BCUT2D eigenvalue weighted by Crippen LogP contribution is 2.42. The van der Waals surface area contributed by atoms with Gasteiger partial charge < -0.3 is 9.84 Å². The van der Waals surface area contributed by atoms with Crippen molar-refractivity contribution >= 4 is 17.6 Å². The van der Waals surface area contributed by atoms with E-state index in [-0.39, 0.29) is 5.75 Å². The Labute approximate surface area is 154 Å². The Morgan fingerprint density at radius 3 is 2.46 bits per heavy atom. The van der Waals surface area contributed by atoms with Crippen LogP contribution in [-0.4, -0.2) is 35.2 Å². The van der Waals surface area contributed by atoms with E-state index in [1.807, 2.05) is 0 Å². The number of para-hydroxylation sites is 1. The van der Waals surface area contributed by atoms with Gasteiger partial charge in [0.05, 0.1) is 13.0 Å². The molecule has 7 nitrogen and oxygen atoms in total. The largest absolute Gasteiger partial charge is 0.508 e. The summed E-state index contributed by atoms with van der Waals surface area (Å²) < 4.78 is 4.84. The van der Waals surface area contributed by atoms with Crippen molar-refractivity contribution in [2.75, 3.05) is 7.11 Å². The maximum atomic E-state index is 12.3. The molecular weight excluding hydrogens is 360 g/mol. The summed E-state index contributed by atoms with van der Waals surface area (Å²) in [5.74, 6) is -1.45. The van der Waals surface area contributed by atoms with E-state index in [4.69, 9.17) is 16.3 Å². The van der Waals surface area contributed by atoms with Crippen LogP contribution in [0.25, 0.3) is 0 Å². The predicted octanol–water partition coefficient (Wildman–Crippen LogP) is 2.66. The molecule has 0 aliphatic carbocycles. The first-order valence-corrected chi connectivity index (χ1v) is 8.32. The monoisotopic (exact) mass is 376 g/mol. The predicted molar refractivity (Wildman–Crippen MR) is 94.8 cm³/mol. The number of benzene rings is 2. The fourth-order valence-corrected chi connectivity index (χ4v) is 3.62. The van der Waals surface area contributed by atoms with Gasteiger partial charge >= 0.3 is 5.97 Å². The third-order valence-corrected chi connectivity index (χ3v) is 4.90. The molecule has 4 unspecified atom stereocenters. The van der Waals surface area contributed by atoms with Gasteiger partial charge in [-0.2, -0.15) is 0 Å². The highest BCUT2D eigenvalue weighted by Gasteiger charge is 2.55. The Kier molecular flexibility index (Phi) is 5.11. The van der Waals surface area contributed by atoms with Crippen LogP contribution in [0.2, 0.25) is 5.02 Å². The van der Waals surface area contributed by atoms with Gasteiger partial charge in [0.2, 0.25) is 6.04 Å². The molecule has 2 aromatic carbocycles. The van der Waals surface area contributed by atoms with E-state index in [0.29, 0.717) is 16.1 Å². The number of halogens is 1. The van der Waals surface area contributed by atoms with Crippen LogP contribution in [0, 0.1) is 10.1 Å². The molecule has 1 fully saturated rings. The highest BCUT2D eigenvalue weighted by molar-refractivity contribution is 6.30. The number of hydrogen-bond donors (Lipinski definition) is 2. The molecule has 2 N–H and O–H groups in total. The third-order valence-electron chi connectivity index (χ3n) is 4.65. The fraction of sp³-hybridized carbons (Fsp3) is 0.278. The van der Waals surface area contributed by atoms with Crippen LogP contribution in [0.4, 0.5) is 0 Å². The quantitative estimate of drug-likeness (QED) is 0.483. The van der Waals surface area contributed by atoms with Gasteiger partial charge in [0.25, 0.3) is 0 Å². The fourth-order valence-electron chi connectivity index (χ4n) is 3.49. The van der Waals surface area contributed by atoms with Gasteiger partial charge in [-0.05, 0) is 23.8 Å². The molecule has 0 aromatic heterocycles. The van der Waals surface area contributed by atoms with Crippen molar-refractivity contribution in [1.82, 2.24) is 5.32 Å². The molecule has 1 saturated heterocycles. The molecule has 2 aromatic rings. The molecule has 0 bridgehead atoms. The van der Waals surface area contributed by atoms with E-state index in [0.717, 1.165) is 0 Å². The van der Waals surface area contributed by atoms with Crippen LogP contribution in [-0.2, 0) is 9.53 Å². The first-order valence-electron chi connectivity index (χ1n) is 7.94. The lowest BCUT2D eigenvalue weighted by Crippen LogP contribution is -2.37. The highest BCUT2D eigenvalue weighted by atomic mass is 35.5. The van der Waals surface area contributed by atoms with Crippen LogP contribution in [0.5, 0.6) is 5.75 Å². The van der Waals surface area contributed by atoms with Crippen LogP contribution < -0.4 is 5.32 Å². The summed E-state index contributed by atoms with van der Waals surface area (Å²) in [5.41, 5.74) is 0.955. The molecule has 4 atom stereocenters. The number of esters is 1. The van der Waals surface area contributed by atoms with Gasteiger partial charge in [-0.25, -0.2) is 0 Å². The summed E-state index contributed by atoms with van der Waals surface area (Å²) in [5, 5.41) is 25.5. The van der Waals surface area contributed by atoms with Crippen molar-refractivity contribution in [1.29, 1.82) is 0 Å². The van der Waals surface area contributed by atoms with Crippen molar-refractivity contribution in [2.24, 2.45) is 0 Å². The summed E-state index contributed by atoms with van der Waals surface area (Å²) >= 11 is 5.91. The Hall–Kier alpha value is -2.64. The molecule has 3 rings (SSSR count). The van der Waals surface area contributed by atoms with Gasteiger partial charge in [0.1, 0.15) is 17.8 Å². The Balaban J connectivity index is 2.11. The van der Waals surface area contributed by atoms with E-state index >= 15 is 0 Å². The van der Waals surface area contributed by atoms with Gasteiger partial charge in [0, 0.05) is 15.5 Å². The smallest absolute Gasteiger partial charge is 0.323 e. The number of ether oxygens (including phenoxy) is 1. The maximum Gasteiger partial charge on any atom is 0.323 e. The Bertz CT molecular complexity index is 827. The van der Waals surface area contributed by atoms with Crippen molar-refractivity contribution < 1.29 is 19.6 Å². The number of hydrogen-bond acceptors (Lipinski definition) is 6. The van der Waals surface area contributed by atoms with Gasteiger partial charge in [-0.3, -0.25) is 20.2 Å². The van der Waals surface area contributed by atoms with Crippen molar-refractivity contribution in [2.45, 2.75) is 24.0 Å². The number of carbonyl (C=O) groups excluding carboxylic acids is 1. The molecule has 1 aliphatic heterocycles. The molecule has 1 aliphatic rings. The minimum absolute atomic E-state index is 0.0720. The number of methoxy groups -OCH3 is 1. The van der Waals surface area contributed by atoms with E-state index in [1.165, 1.54) is 13.2 Å². The lowest BCUT2D eigenvalue weighted by molar-refractivity contribution is -0.527. The zero-order valence-electron chi connectivity index (χ0n) is 13.8. The second kappa shape index (κ2) is 7.31. The summed E-state index contributed by atoms with van der Waals surface area (Å²) in [7, 11) is 1.23. The number of aromatic hydroxyl groups is 1. The van der Waals surface area contributed by atoms with E-state index < -0.39 is 34.9 Å². The minimum Gasteiger partial charge on any atom is -0.508 e. The van der Waals surface area contributed by atoms with Crippen LogP contribution >= 0.6 is 11.6 Å². The van der Waals surface area contributed by atoms with Crippen molar-refractivity contribution in [3.63, 3.8) is 0 Å². The number of nitro groups is 1. The maximum absolute atomic E-state index is 12.3. The molecule has 0 saturated carbocycles.